The van der Waals surface area contributed by atoms with Crippen molar-refractivity contribution < 1.29 is 9.90 Å². The van der Waals surface area contributed by atoms with Gasteiger partial charge in [0, 0.05) is 12.2 Å². The number of aliphatic hydroxyl groups is 1. The molecule has 1 atom stereocenters. The normalized spacial score (nSPS) is 20.1. The number of amides is 1. The number of rotatable bonds is 2. The van der Waals surface area contributed by atoms with Crippen molar-refractivity contribution in [3.63, 3.8) is 0 Å². The van der Waals surface area contributed by atoms with Crippen LogP contribution in [0.25, 0.3) is 0 Å². The van der Waals surface area contributed by atoms with E-state index >= 15 is 0 Å². The zero-order chi connectivity index (χ0) is 11.5. The van der Waals surface area contributed by atoms with E-state index in [1.165, 1.54) is 0 Å². The fourth-order valence-electron chi connectivity index (χ4n) is 2.10. The van der Waals surface area contributed by atoms with Crippen molar-refractivity contribution in [2.75, 3.05) is 13.2 Å². The molecule has 4 heteroatoms. The van der Waals surface area contributed by atoms with Crippen LogP contribution in [0.2, 0.25) is 0 Å². The van der Waals surface area contributed by atoms with Gasteiger partial charge >= 0.3 is 0 Å². The number of aliphatic hydroxyl groups excluding tert-OH is 1. The van der Waals surface area contributed by atoms with Crippen molar-refractivity contribution in [3.8, 4) is 0 Å². The Morgan fingerprint density at radius 2 is 2.44 bits per heavy atom. The van der Waals surface area contributed by atoms with Crippen molar-refractivity contribution in [2.45, 2.75) is 25.8 Å². The number of carbonyl (C=O) groups is 1. The molecule has 2 heterocycles. The van der Waals surface area contributed by atoms with Crippen molar-refractivity contribution in [1.29, 1.82) is 0 Å². The molecule has 1 aliphatic rings. The van der Waals surface area contributed by atoms with E-state index in [0.29, 0.717) is 5.69 Å². The monoisotopic (exact) mass is 220 g/mol. The van der Waals surface area contributed by atoms with E-state index in [-0.39, 0.29) is 18.6 Å². The Morgan fingerprint density at radius 3 is 3.12 bits per heavy atom. The smallest absolute Gasteiger partial charge is 0.272 e. The first-order chi connectivity index (χ1) is 7.72. The van der Waals surface area contributed by atoms with Crippen molar-refractivity contribution >= 4 is 5.91 Å². The predicted molar refractivity (Wildman–Crippen MR) is 60.1 cm³/mol. The zero-order valence-electron chi connectivity index (χ0n) is 9.39. The van der Waals surface area contributed by atoms with Gasteiger partial charge in [0.1, 0.15) is 5.69 Å². The van der Waals surface area contributed by atoms with Gasteiger partial charge in [-0.3, -0.25) is 4.79 Å². The summed E-state index contributed by atoms with van der Waals surface area (Å²) in [5.41, 5.74) is 1.31. The molecule has 0 radical (unpaired) electrons. The third-order valence-electron chi connectivity index (χ3n) is 2.96. The summed E-state index contributed by atoms with van der Waals surface area (Å²) >= 11 is 0. The molecule has 0 aromatic carbocycles. The largest absolute Gasteiger partial charge is 0.394 e. The first kappa shape index (κ1) is 11.1. The van der Waals surface area contributed by atoms with Crippen LogP contribution in [-0.4, -0.2) is 40.1 Å². The van der Waals surface area contributed by atoms with E-state index in [4.69, 9.17) is 0 Å². The van der Waals surface area contributed by atoms with E-state index in [1.54, 1.807) is 11.0 Å². The number of hydrogen-bond donors (Lipinski definition) is 1. The summed E-state index contributed by atoms with van der Waals surface area (Å²) in [5, 5.41) is 9.17. The second-order valence-electron chi connectivity index (χ2n) is 4.14. The molecule has 1 aliphatic heterocycles. The Labute approximate surface area is 94.9 Å². The molecular formula is C12H16N2O2. The predicted octanol–water partition coefficient (Wildman–Crippen LogP) is 0.987. The second-order valence-corrected chi connectivity index (χ2v) is 4.14. The number of carbonyl (C=O) groups excluding carboxylic acids is 1. The fraction of sp³-hybridized carbons (Fsp3) is 0.500. The average Bonchev–Trinajstić information content (AvgIpc) is 2.76. The summed E-state index contributed by atoms with van der Waals surface area (Å²) in [6, 6.07) is 5.39. The quantitative estimate of drug-likeness (QED) is 0.808. The molecule has 1 amide bonds. The highest BCUT2D eigenvalue weighted by molar-refractivity contribution is 5.92. The lowest BCUT2D eigenvalue weighted by molar-refractivity contribution is 0.0671. The third kappa shape index (κ3) is 2.07. The Balaban J connectivity index is 2.18. The maximum Gasteiger partial charge on any atom is 0.272 e. The highest BCUT2D eigenvalue weighted by Crippen LogP contribution is 2.18. The number of hydrogen-bond acceptors (Lipinski definition) is 3. The molecule has 16 heavy (non-hydrogen) atoms. The second kappa shape index (κ2) is 4.61. The molecule has 0 bridgehead atoms. The van der Waals surface area contributed by atoms with Crippen LogP contribution in [0.5, 0.6) is 0 Å². The van der Waals surface area contributed by atoms with E-state index < -0.39 is 0 Å². The lowest BCUT2D eigenvalue weighted by Crippen LogP contribution is -2.38. The van der Waals surface area contributed by atoms with Crippen molar-refractivity contribution in [3.05, 3.63) is 29.6 Å². The van der Waals surface area contributed by atoms with E-state index in [9.17, 15) is 9.90 Å². The fourth-order valence-corrected chi connectivity index (χ4v) is 2.10. The Hall–Kier alpha value is -1.42. The molecule has 2 rings (SSSR count). The van der Waals surface area contributed by atoms with E-state index in [1.807, 2.05) is 19.1 Å². The first-order valence-electron chi connectivity index (χ1n) is 5.58. The minimum absolute atomic E-state index is 0.0326. The number of likely N-dealkylation sites (tertiary alicyclic amines) is 1. The van der Waals surface area contributed by atoms with Crippen LogP contribution in [-0.2, 0) is 0 Å². The molecule has 1 aromatic rings. The summed E-state index contributed by atoms with van der Waals surface area (Å²) in [5.74, 6) is -0.0692. The Kier molecular flexibility index (Phi) is 3.19. The van der Waals surface area contributed by atoms with E-state index in [0.717, 1.165) is 25.1 Å². The molecule has 86 valence electrons. The minimum atomic E-state index is -0.0692. The summed E-state index contributed by atoms with van der Waals surface area (Å²) in [6.45, 7) is 2.63. The minimum Gasteiger partial charge on any atom is -0.394 e. The zero-order valence-corrected chi connectivity index (χ0v) is 9.39. The van der Waals surface area contributed by atoms with Crippen LogP contribution >= 0.6 is 0 Å². The van der Waals surface area contributed by atoms with E-state index in [2.05, 4.69) is 4.98 Å². The van der Waals surface area contributed by atoms with Gasteiger partial charge in [-0.15, -0.1) is 0 Å². The van der Waals surface area contributed by atoms with Crippen LogP contribution < -0.4 is 0 Å². The SMILES string of the molecule is Cc1cccc(C(=O)N2CCC[C@H]2CO)n1. The Bertz CT molecular complexity index is 392. The molecular weight excluding hydrogens is 204 g/mol. The molecule has 0 unspecified atom stereocenters. The summed E-state index contributed by atoms with van der Waals surface area (Å²) in [7, 11) is 0. The van der Waals surface area contributed by atoms with Gasteiger partial charge in [0.25, 0.3) is 5.91 Å². The molecule has 1 fully saturated rings. The van der Waals surface area contributed by atoms with Crippen molar-refractivity contribution in [1.82, 2.24) is 9.88 Å². The van der Waals surface area contributed by atoms with Gasteiger partial charge < -0.3 is 10.0 Å². The van der Waals surface area contributed by atoms with Gasteiger partial charge in [0.15, 0.2) is 0 Å². The molecule has 0 aliphatic carbocycles. The van der Waals surface area contributed by atoms with Crippen LogP contribution in [0.1, 0.15) is 29.0 Å². The Morgan fingerprint density at radius 1 is 1.62 bits per heavy atom. The maximum absolute atomic E-state index is 12.1. The van der Waals surface area contributed by atoms with Gasteiger partial charge in [-0.05, 0) is 31.9 Å². The van der Waals surface area contributed by atoms with Crippen LogP contribution in [0.4, 0.5) is 0 Å². The molecule has 1 aromatic heterocycles. The summed E-state index contributed by atoms with van der Waals surface area (Å²) in [4.78, 5) is 18.1. The maximum atomic E-state index is 12.1. The van der Waals surface area contributed by atoms with Crippen LogP contribution in [0.15, 0.2) is 18.2 Å². The number of nitrogens with zero attached hydrogens (tertiary/aromatic N) is 2. The van der Waals surface area contributed by atoms with Gasteiger partial charge in [-0.1, -0.05) is 6.07 Å². The first-order valence-corrected chi connectivity index (χ1v) is 5.58. The standard InChI is InChI=1S/C12H16N2O2/c1-9-4-2-6-11(13-9)12(16)14-7-3-5-10(14)8-15/h2,4,6,10,15H,3,5,7-8H2,1H3/t10-/m0/s1. The highest BCUT2D eigenvalue weighted by atomic mass is 16.3. The van der Waals surface area contributed by atoms with Crippen molar-refractivity contribution in [2.24, 2.45) is 0 Å². The van der Waals surface area contributed by atoms with Gasteiger partial charge in [-0.25, -0.2) is 4.98 Å². The number of aromatic nitrogens is 1. The molecule has 1 saturated heterocycles. The summed E-state index contributed by atoms with van der Waals surface area (Å²) < 4.78 is 0. The molecule has 0 saturated carbocycles. The molecule has 1 N–H and O–H groups in total. The topological polar surface area (TPSA) is 53.4 Å². The van der Waals surface area contributed by atoms with Gasteiger partial charge in [0.2, 0.25) is 0 Å². The van der Waals surface area contributed by atoms with Crippen LogP contribution in [0.3, 0.4) is 0 Å². The number of aryl methyl sites for hydroxylation is 1. The van der Waals surface area contributed by atoms with Crippen LogP contribution in [0, 0.1) is 6.92 Å². The van der Waals surface area contributed by atoms with Gasteiger partial charge in [0.05, 0.1) is 12.6 Å². The lowest BCUT2D eigenvalue weighted by Gasteiger charge is -2.22. The number of pyridine rings is 1. The average molecular weight is 220 g/mol. The van der Waals surface area contributed by atoms with Gasteiger partial charge in [-0.2, -0.15) is 0 Å². The lowest BCUT2D eigenvalue weighted by atomic mass is 10.2. The third-order valence-corrected chi connectivity index (χ3v) is 2.96. The molecule has 4 nitrogen and oxygen atoms in total. The summed E-state index contributed by atoms with van der Waals surface area (Å²) in [6.07, 6.45) is 1.84. The highest BCUT2D eigenvalue weighted by Gasteiger charge is 2.29. The molecule has 0 spiro atoms.